The first-order chi connectivity index (χ1) is 13.0. The average Bonchev–Trinajstić information content (AvgIpc) is 2.69. The highest BCUT2D eigenvalue weighted by atomic mass is 16.5. The van der Waals surface area contributed by atoms with Crippen molar-refractivity contribution >= 4 is 11.6 Å². The molecule has 0 aliphatic carbocycles. The van der Waals surface area contributed by atoms with Crippen LogP contribution in [-0.2, 0) is 11.3 Å². The molecule has 1 atom stereocenters. The fourth-order valence-corrected chi connectivity index (χ4v) is 2.58. The average molecular weight is 367 g/mol. The Balaban J connectivity index is 2.00. The summed E-state index contributed by atoms with van der Waals surface area (Å²) in [6, 6.07) is 14.3. The van der Waals surface area contributed by atoms with Gasteiger partial charge in [0.2, 0.25) is 5.91 Å². The third-order valence-corrected chi connectivity index (χ3v) is 4.28. The third-order valence-electron chi connectivity index (χ3n) is 4.28. The quantitative estimate of drug-likeness (QED) is 0.774. The van der Waals surface area contributed by atoms with E-state index in [4.69, 9.17) is 14.7 Å². The van der Waals surface area contributed by atoms with Crippen LogP contribution in [0.5, 0.6) is 11.5 Å². The molecule has 6 nitrogen and oxygen atoms in total. The fourth-order valence-electron chi connectivity index (χ4n) is 2.58. The Morgan fingerprint density at radius 2 is 1.93 bits per heavy atom. The van der Waals surface area contributed by atoms with Crippen LogP contribution in [-0.4, -0.2) is 37.6 Å². The maximum Gasteiger partial charge on any atom is 0.241 e. The second-order valence-electron chi connectivity index (χ2n) is 6.19. The predicted molar refractivity (Wildman–Crippen MR) is 105 cm³/mol. The van der Waals surface area contributed by atoms with Crippen molar-refractivity contribution in [2.24, 2.45) is 0 Å². The van der Waals surface area contributed by atoms with E-state index < -0.39 is 0 Å². The lowest BCUT2D eigenvalue weighted by Gasteiger charge is -2.24. The van der Waals surface area contributed by atoms with E-state index in [0.29, 0.717) is 35.9 Å². The summed E-state index contributed by atoms with van der Waals surface area (Å²) in [6.07, 6.45) is 0. The van der Waals surface area contributed by atoms with Crippen molar-refractivity contribution in [3.63, 3.8) is 0 Å². The Morgan fingerprint density at radius 3 is 2.52 bits per heavy atom. The highest BCUT2D eigenvalue weighted by molar-refractivity contribution is 5.94. The molecule has 0 unspecified atom stereocenters. The molecule has 142 valence electrons. The first-order valence-corrected chi connectivity index (χ1v) is 8.79. The Bertz CT molecular complexity index is 812. The Labute approximate surface area is 160 Å². The number of likely N-dealkylation sites (N-methyl/N-ethyl adjacent to an activating group) is 1. The molecule has 1 amide bonds. The summed E-state index contributed by atoms with van der Waals surface area (Å²) in [5.41, 5.74) is 2.25. The lowest BCUT2D eigenvalue weighted by molar-refractivity contribution is -0.120. The van der Waals surface area contributed by atoms with E-state index in [1.807, 2.05) is 44.0 Å². The van der Waals surface area contributed by atoms with Gasteiger partial charge in [-0.05, 0) is 62.9 Å². The molecule has 27 heavy (non-hydrogen) atoms. The van der Waals surface area contributed by atoms with Gasteiger partial charge >= 0.3 is 0 Å². The topological polar surface area (TPSA) is 74.6 Å². The van der Waals surface area contributed by atoms with Crippen LogP contribution in [0.4, 0.5) is 5.69 Å². The van der Waals surface area contributed by atoms with E-state index in [0.717, 1.165) is 5.56 Å². The van der Waals surface area contributed by atoms with Gasteiger partial charge in [-0.25, -0.2) is 0 Å². The third kappa shape index (κ3) is 5.47. The summed E-state index contributed by atoms with van der Waals surface area (Å²) in [4.78, 5) is 14.5. The van der Waals surface area contributed by atoms with Crippen molar-refractivity contribution < 1.29 is 14.3 Å². The van der Waals surface area contributed by atoms with E-state index in [1.54, 1.807) is 31.4 Å². The number of amides is 1. The van der Waals surface area contributed by atoms with Gasteiger partial charge in [0.1, 0.15) is 0 Å². The minimum Gasteiger partial charge on any atom is -0.493 e. The number of nitrogens with one attached hydrogen (secondary N) is 1. The monoisotopic (exact) mass is 367 g/mol. The standard InChI is InChI=1S/C21H25N3O3/c1-5-27-19-11-8-17(12-20(19)26-4)14-24(3)15(2)21(25)23-18-9-6-16(13-22)7-10-18/h6-12,15H,5,14H2,1-4H3,(H,23,25)/t15-/m0/s1. The van der Waals surface area contributed by atoms with E-state index >= 15 is 0 Å². The molecule has 0 spiro atoms. The number of hydrogen-bond donors (Lipinski definition) is 1. The Hall–Kier alpha value is -3.04. The molecule has 0 radical (unpaired) electrons. The van der Waals surface area contributed by atoms with E-state index in [-0.39, 0.29) is 11.9 Å². The van der Waals surface area contributed by atoms with Crippen LogP contribution in [0.1, 0.15) is 25.0 Å². The molecule has 2 aromatic carbocycles. The normalized spacial score (nSPS) is 11.6. The van der Waals surface area contributed by atoms with Gasteiger partial charge in [0.05, 0.1) is 31.4 Å². The SMILES string of the molecule is CCOc1ccc(CN(C)[C@@H](C)C(=O)Nc2ccc(C#N)cc2)cc1OC. The van der Waals surface area contributed by atoms with Crippen molar-refractivity contribution in [3.8, 4) is 17.6 Å². The molecule has 0 saturated carbocycles. The number of rotatable bonds is 8. The van der Waals surface area contributed by atoms with Crippen LogP contribution < -0.4 is 14.8 Å². The Kier molecular flexibility index (Phi) is 7.21. The van der Waals surface area contributed by atoms with Gasteiger partial charge < -0.3 is 14.8 Å². The lowest BCUT2D eigenvalue weighted by Crippen LogP contribution is -2.39. The minimum absolute atomic E-state index is 0.111. The van der Waals surface area contributed by atoms with E-state index in [2.05, 4.69) is 11.4 Å². The van der Waals surface area contributed by atoms with Crippen LogP contribution in [0.15, 0.2) is 42.5 Å². The summed E-state index contributed by atoms with van der Waals surface area (Å²) in [5.74, 6) is 1.27. The van der Waals surface area contributed by atoms with Gasteiger partial charge in [-0.3, -0.25) is 9.69 Å². The molecule has 2 rings (SSSR count). The molecule has 0 heterocycles. The Morgan fingerprint density at radius 1 is 1.22 bits per heavy atom. The number of methoxy groups -OCH3 is 1. The lowest BCUT2D eigenvalue weighted by atomic mass is 10.1. The van der Waals surface area contributed by atoms with Crippen molar-refractivity contribution in [2.75, 3.05) is 26.1 Å². The zero-order valence-corrected chi connectivity index (χ0v) is 16.2. The number of carbonyl (C=O) groups excluding carboxylic acids is 1. The summed E-state index contributed by atoms with van der Waals surface area (Å²) in [6.45, 7) is 4.94. The first kappa shape index (κ1) is 20.3. The zero-order valence-electron chi connectivity index (χ0n) is 16.2. The second-order valence-corrected chi connectivity index (χ2v) is 6.19. The van der Waals surface area contributed by atoms with Gasteiger partial charge in [0, 0.05) is 12.2 Å². The molecule has 0 aromatic heterocycles. The van der Waals surface area contributed by atoms with Gasteiger partial charge in [0.15, 0.2) is 11.5 Å². The zero-order chi connectivity index (χ0) is 19.8. The van der Waals surface area contributed by atoms with Crippen LogP contribution >= 0.6 is 0 Å². The van der Waals surface area contributed by atoms with Crippen molar-refractivity contribution in [1.29, 1.82) is 5.26 Å². The molecule has 1 N–H and O–H groups in total. The number of nitrogens with zero attached hydrogens (tertiary/aromatic N) is 2. The summed E-state index contributed by atoms with van der Waals surface area (Å²) in [7, 11) is 3.50. The molecule has 0 aliphatic heterocycles. The number of carbonyl (C=O) groups is 1. The van der Waals surface area contributed by atoms with E-state index in [9.17, 15) is 4.79 Å². The number of hydrogen-bond acceptors (Lipinski definition) is 5. The molecular weight excluding hydrogens is 342 g/mol. The highest BCUT2D eigenvalue weighted by Crippen LogP contribution is 2.28. The van der Waals surface area contributed by atoms with Crippen LogP contribution in [0.3, 0.4) is 0 Å². The predicted octanol–water partition coefficient (Wildman–Crippen LogP) is 3.42. The molecule has 2 aromatic rings. The number of benzene rings is 2. The first-order valence-electron chi connectivity index (χ1n) is 8.79. The summed E-state index contributed by atoms with van der Waals surface area (Å²) in [5, 5.41) is 11.7. The van der Waals surface area contributed by atoms with Gasteiger partial charge in [0.25, 0.3) is 0 Å². The largest absolute Gasteiger partial charge is 0.493 e. The number of ether oxygens (including phenoxy) is 2. The highest BCUT2D eigenvalue weighted by Gasteiger charge is 2.19. The number of nitriles is 1. The van der Waals surface area contributed by atoms with E-state index in [1.165, 1.54) is 0 Å². The van der Waals surface area contributed by atoms with Crippen LogP contribution in [0, 0.1) is 11.3 Å². The summed E-state index contributed by atoms with van der Waals surface area (Å²) >= 11 is 0. The smallest absolute Gasteiger partial charge is 0.241 e. The molecule has 0 saturated heterocycles. The minimum atomic E-state index is -0.335. The molecule has 0 aliphatic rings. The molecule has 0 fully saturated rings. The maximum atomic E-state index is 12.5. The van der Waals surface area contributed by atoms with Gasteiger partial charge in [-0.2, -0.15) is 5.26 Å². The van der Waals surface area contributed by atoms with Crippen molar-refractivity contribution in [3.05, 3.63) is 53.6 Å². The maximum absolute atomic E-state index is 12.5. The number of anilines is 1. The van der Waals surface area contributed by atoms with Gasteiger partial charge in [-0.15, -0.1) is 0 Å². The molecule has 0 bridgehead atoms. The van der Waals surface area contributed by atoms with Gasteiger partial charge in [-0.1, -0.05) is 6.07 Å². The molecule has 6 heteroatoms. The summed E-state index contributed by atoms with van der Waals surface area (Å²) < 4.78 is 10.9. The van der Waals surface area contributed by atoms with Crippen LogP contribution in [0.25, 0.3) is 0 Å². The fraction of sp³-hybridized carbons (Fsp3) is 0.333. The van der Waals surface area contributed by atoms with Crippen molar-refractivity contribution in [2.45, 2.75) is 26.4 Å². The second kappa shape index (κ2) is 9.60. The van der Waals surface area contributed by atoms with Crippen molar-refractivity contribution in [1.82, 2.24) is 4.90 Å². The van der Waals surface area contributed by atoms with Crippen LogP contribution in [0.2, 0.25) is 0 Å². The molecular formula is C21H25N3O3.